The average molecular weight is 481 g/mol. The average Bonchev–Trinajstić information content (AvgIpc) is 2.84. The van der Waals surface area contributed by atoms with Crippen molar-refractivity contribution in [2.45, 2.75) is 25.7 Å². The van der Waals surface area contributed by atoms with E-state index in [0.717, 1.165) is 17.5 Å². The van der Waals surface area contributed by atoms with Crippen LogP contribution in [0.3, 0.4) is 0 Å². The molecule has 0 aliphatic carbocycles. The molecule has 0 spiro atoms. The molecule has 1 aliphatic rings. The standard InChI is InChI=1S/C12H16O5.C8H10O2.C4H6O3/c13-7-1-8-16-12(15)17-9-6-10-2-4-11(14)5-3-10;9-6-5-7-1-3-8(10)4-2-7;5-4-6-2-1-3-7-4/h2-5,13-14H,1,6-9H2;1-4,9-10H,5-6H2;1-3H2. The van der Waals surface area contributed by atoms with Crippen LogP contribution in [0.2, 0.25) is 0 Å². The first-order valence-electron chi connectivity index (χ1n) is 10.8. The molecule has 0 unspecified atom stereocenters. The Morgan fingerprint density at radius 3 is 1.71 bits per heavy atom. The van der Waals surface area contributed by atoms with Crippen LogP contribution in [0.1, 0.15) is 24.0 Å². The van der Waals surface area contributed by atoms with Crippen LogP contribution in [0.4, 0.5) is 9.59 Å². The quantitative estimate of drug-likeness (QED) is 0.328. The minimum atomic E-state index is -0.725. The summed E-state index contributed by atoms with van der Waals surface area (Å²) in [5.74, 6) is 0.472. The maximum absolute atomic E-state index is 11.0. The normalized spacial score (nSPS) is 12.0. The third-order valence-corrected chi connectivity index (χ3v) is 4.13. The summed E-state index contributed by atoms with van der Waals surface area (Å²) in [5.41, 5.74) is 2.01. The fourth-order valence-electron chi connectivity index (χ4n) is 2.38. The number of aliphatic hydroxyl groups is 2. The van der Waals surface area contributed by atoms with E-state index in [9.17, 15) is 9.59 Å². The predicted octanol–water partition coefficient (Wildman–Crippen LogP) is 2.94. The molecule has 0 saturated carbocycles. The van der Waals surface area contributed by atoms with Gasteiger partial charge in [0.15, 0.2) is 0 Å². The molecule has 0 amide bonds. The Morgan fingerprint density at radius 1 is 0.765 bits per heavy atom. The number of benzene rings is 2. The van der Waals surface area contributed by atoms with Crippen LogP contribution in [-0.4, -0.2) is 72.4 Å². The summed E-state index contributed by atoms with van der Waals surface area (Å²) in [6, 6.07) is 13.5. The topological polar surface area (TPSA) is 152 Å². The molecule has 3 rings (SSSR count). The second-order valence-electron chi connectivity index (χ2n) is 6.88. The third kappa shape index (κ3) is 14.5. The van der Waals surface area contributed by atoms with E-state index in [1.54, 1.807) is 48.5 Å². The van der Waals surface area contributed by atoms with Gasteiger partial charge in [0.2, 0.25) is 0 Å². The fraction of sp³-hybridized carbons (Fsp3) is 0.417. The summed E-state index contributed by atoms with van der Waals surface area (Å²) in [6.45, 7) is 1.56. The lowest BCUT2D eigenvalue weighted by atomic mass is 10.1. The predicted molar refractivity (Wildman–Crippen MR) is 122 cm³/mol. The van der Waals surface area contributed by atoms with Crippen LogP contribution >= 0.6 is 0 Å². The summed E-state index contributed by atoms with van der Waals surface area (Å²) in [6.07, 6.45) is 1.19. The molecule has 0 bridgehead atoms. The number of rotatable bonds is 8. The molecule has 4 N–H and O–H groups in total. The monoisotopic (exact) mass is 480 g/mol. The van der Waals surface area contributed by atoms with Crippen molar-refractivity contribution in [2.24, 2.45) is 0 Å². The molecule has 1 heterocycles. The van der Waals surface area contributed by atoms with Gasteiger partial charge in [-0.05, 0) is 41.8 Å². The number of phenolic OH excluding ortho intramolecular Hbond substituents is 2. The Labute approximate surface area is 198 Å². The maximum atomic E-state index is 11.0. The summed E-state index contributed by atoms with van der Waals surface area (Å²) >= 11 is 0. The molecule has 34 heavy (non-hydrogen) atoms. The minimum absolute atomic E-state index is 0.0131. The van der Waals surface area contributed by atoms with Crippen molar-refractivity contribution >= 4 is 12.3 Å². The highest BCUT2D eigenvalue weighted by molar-refractivity contribution is 5.60. The highest BCUT2D eigenvalue weighted by Crippen LogP contribution is 2.10. The second-order valence-corrected chi connectivity index (χ2v) is 6.88. The molecular weight excluding hydrogens is 448 g/mol. The zero-order chi connectivity index (χ0) is 25.0. The Hall–Kier alpha value is -3.50. The number of cyclic esters (lactones) is 2. The van der Waals surface area contributed by atoms with Gasteiger partial charge < -0.3 is 39.4 Å². The Kier molecular flexibility index (Phi) is 15.1. The van der Waals surface area contributed by atoms with Gasteiger partial charge in [0.05, 0.1) is 26.4 Å². The van der Waals surface area contributed by atoms with Crippen LogP contribution in [-0.2, 0) is 31.8 Å². The van der Waals surface area contributed by atoms with E-state index in [4.69, 9.17) is 25.2 Å². The second kappa shape index (κ2) is 18.0. The summed E-state index contributed by atoms with van der Waals surface area (Å²) < 4.78 is 18.3. The Bertz CT molecular complexity index is 798. The van der Waals surface area contributed by atoms with E-state index in [0.29, 0.717) is 32.5 Å². The number of hydrogen-bond donors (Lipinski definition) is 4. The fourth-order valence-corrected chi connectivity index (χ4v) is 2.38. The molecule has 10 nitrogen and oxygen atoms in total. The van der Waals surface area contributed by atoms with E-state index in [1.165, 1.54) is 0 Å². The van der Waals surface area contributed by atoms with Crippen LogP contribution in [0, 0.1) is 0 Å². The first-order valence-corrected chi connectivity index (χ1v) is 10.8. The molecule has 188 valence electrons. The number of aromatic hydroxyl groups is 2. The first-order chi connectivity index (χ1) is 16.4. The number of carbonyl (C=O) groups excluding carboxylic acids is 2. The molecule has 1 fully saturated rings. The van der Waals surface area contributed by atoms with Crippen molar-refractivity contribution < 1.29 is 49.0 Å². The van der Waals surface area contributed by atoms with Crippen molar-refractivity contribution in [3.8, 4) is 11.5 Å². The molecule has 1 saturated heterocycles. The lowest BCUT2D eigenvalue weighted by Gasteiger charge is -2.09. The van der Waals surface area contributed by atoms with Gasteiger partial charge >= 0.3 is 12.3 Å². The summed E-state index contributed by atoms with van der Waals surface area (Å²) in [7, 11) is 0. The van der Waals surface area contributed by atoms with Gasteiger partial charge in [0, 0.05) is 32.5 Å². The van der Waals surface area contributed by atoms with Crippen molar-refractivity contribution in [3.05, 3.63) is 59.7 Å². The number of aliphatic hydroxyl groups excluding tert-OH is 2. The van der Waals surface area contributed by atoms with Gasteiger partial charge in [-0.25, -0.2) is 9.59 Å². The smallest absolute Gasteiger partial charge is 0.508 e. The van der Waals surface area contributed by atoms with Crippen LogP contribution in [0.25, 0.3) is 0 Å². The van der Waals surface area contributed by atoms with Gasteiger partial charge in [-0.2, -0.15) is 0 Å². The van der Waals surface area contributed by atoms with E-state index in [-0.39, 0.29) is 37.9 Å². The Morgan fingerprint density at radius 2 is 1.26 bits per heavy atom. The lowest BCUT2D eigenvalue weighted by Crippen LogP contribution is -2.16. The van der Waals surface area contributed by atoms with Crippen LogP contribution in [0.15, 0.2) is 48.5 Å². The van der Waals surface area contributed by atoms with Gasteiger partial charge in [-0.1, -0.05) is 24.3 Å². The van der Waals surface area contributed by atoms with Crippen molar-refractivity contribution in [1.82, 2.24) is 0 Å². The van der Waals surface area contributed by atoms with Gasteiger partial charge in [0.1, 0.15) is 11.5 Å². The van der Waals surface area contributed by atoms with E-state index >= 15 is 0 Å². The molecule has 0 atom stereocenters. The van der Waals surface area contributed by atoms with E-state index < -0.39 is 12.3 Å². The van der Waals surface area contributed by atoms with Crippen LogP contribution in [0.5, 0.6) is 11.5 Å². The highest BCUT2D eigenvalue weighted by Gasteiger charge is 2.07. The molecule has 0 radical (unpaired) electrons. The maximum Gasteiger partial charge on any atom is 0.508 e. The number of ether oxygens (including phenoxy) is 4. The largest absolute Gasteiger partial charge is 0.508 e. The molecule has 0 aromatic heterocycles. The third-order valence-electron chi connectivity index (χ3n) is 4.13. The first kappa shape index (κ1) is 28.5. The molecule has 10 heteroatoms. The summed E-state index contributed by atoms with van der Waals surface area (Å²) in [5, 5.41) is 34.9. The molecule has 2 aromatic carbocycles. The van der Waals surface area contributed by atoms with Crippen LogP contribution < -0.4 is 0 Å². The van der Waals surface area contributed by atoms with Crippen molar-refractivity contribution in [2.75, 3.05) is 39.6 Å². The van der Waals surface area contributed by atoms with Crippen molar-refractivity contribution in [1.29, 1.82) is 0 Å². The highest BCUT2D eigenvalue weighted by atomic mass is 16.7. The lowest BCUT2D eigenvalue weighted by molar-refractivity contribution is 0.0192. The molecule has 2 aromatic rings. The molecule has 1 aliphatic heterocycles. The van der Waals surface area contributed by atoms with Gasteiger partial charge in [-0.15, -0.1) is 0 Å². The van der Waals surface area contributed by atoms with Gasteiger partial charge in [-0.3, -0.25) is 0 Å². The SMILES string of the molecule is O=C(OCCCO)OCCc1ccc(O)cc1.O=C1OCCCO1.OCCc1ccc(O)cc1. The minimum Gasteiger partial charge on any atom is -0.508 e. The zero-order valence-electron chi connectivity index (χ0n) is 18.9. The van der Waals surface area contributed by atoms with E-state index in [2.05, 4.69) is 14.2 Å². The van der Waals surface area contributed by atoms with Crippen molar-refractivity contribution in [3.63, 3.8) is 0 Å². The number of phenols is 2. The molecular formula is C24H32O10. The van der Waals surface area contributed by atoms with Gasteiger partial charge in [0.25, 0.3) is 0 Å². The Balaban J connectivity index is 0.000000285. The number of hydrogen-bond acceptors (Lipinski definition) is 10. The summed E-state index contributed by atoms with van der Waals surface area (Å²) in [4.78, 5) is 21.0. The van der Waals surface area contributed by atoms with E-state index in [1.807, 2.05) is 0 Å². The number of carbonyl (C=O) groups is 2. The zero-order valence-corrected chi connectivity index (χ0v) is 18.9.